The molecule has 0 saturated heterocycles. The van der Waals surface area contributed by atoms with E-state index in [1.165, 1.54) is 84.7 Å². The highest BCUT2D eigenvalue weighted by molar-refractivity contribution is 7.92. The summed E-state index contributed by atoms with van der Waals surface area (Å²) in [4.78, 5) is 25.5. The molecule has 0 N–H and O–H groups in total. The summed E-state index contributed by atoms with van der Waals surface area (Å²) < 4.78 is 70.0. The average Bonchev–Trinajstić information content (AvgIpc) is 3.23. The highest BCUT2D eigenvalue weighted by Gasteiger charge is 2.38. The van der Waals surface area contributed by atoms with Gasteiger partial charge in [0, 0.05) is 23.9 Å². The highest BCUT2D eigenvalue weighted by atomic mass is 35.5. The predicted octanol–water partition coefficient (Wildman–Crippen LogP) is 14.3. The standard InChI is InChI=1S/C56H70Cl2O8S2/c1-37(21-31-49-39(3)19-15-33-55(49,9)10)35-51(67(61,62)47-27-23-45(57)24-28-47)53(65-43(7)59)41(5)17-13-14-18-42(6)54(66-44(8)60)52(68(63,64)48-29-25-46(58)26-30-48)36-38(2)22-32-50-40(4)20-16-34-56(50,11)12/h13-14,17-18,21-32,35-36,51-54H,15-16,19-20,33-34H2,1-12H3/b14-13+,31-21+,32-22+,37-35+,38-36+,41-17+,42-18+. The van der Waals surface area contributed by atoms with E-state index in [-0.39, 0.29) is 20.6 Å². The third-order valence-electron chi connectivity index (χ3n) is 12.9. The van der Waals surface area contributed by atoms with Crippen LogP contribution in [0.3, 0.4) is 0 Å². The van der Waals surface area contributed by atoms with Gasteiger partial charge in [-0.05, 0) is 162 Å². The Kier molecular flexibility index (Phi) is 19.7. The Balaban J connectivity index is 1.81. The Bertz CT molecular complexity index is 2500. The van der Waals surface area contributed by atoms with Crippen LogP contribution in [0.15, 0.2) is 164 Å². The lowest BCUT2D eigenvalue weighted by atomic mass is 9.72. The molecule has 68 heavy (non-hydrogen) atoms. The smallest absolute Gasteiger partial charge is 0.303 e. The maximum absolute atomic E-state index is 14.6. The topological polar surface area (TPSA) is 121 Å². The summed E-state index contributed by atoms with van der Waals surface area (Å²) in [6.07, 6.45) is 21.5. The first kappa shape index (κ1) is 56.1. The van der Waals surface area contributed by atoms with Crippen LogP contribution >= 0.6 is 23.2 Å². The van der Waals surface area contributed by atoms with Crippen LogP contribution in [0, 0.1) is 10.8 Å². The van der Waals surface area contributed by atoms with E-state index in [0.29, 0.717) is 32.3 Å². The molecule has 368 valence electrons. The van der Waals surface area contributed by atoms with Gasteiger partial charge in [-0.15, -0.1) is 0 Å². The van der Waals surface area contributed by atoms with E-state index in [9.17, 15) is 26.4 Å². The first-order chi connectivity index (χ1) is 31.7. The molecule has 0 radical (unpaired) electrons. The van der Waals surface area contributed by atoms with Crippen LogP contribution in [0.1, 0.15) is 122 Å². The molecule has 4 atom stereocenters. The summed E-state index contributed by atoms with van der Waals surface area (Å²) in [6, 6.07) is 11.7. The normalized spacial score (nSPS) is 19.7. The van der Waals surface area contributed by atoms with Gasteiger partial charge in [-0.1, -0.05) is 134 Å². The second-order valence-electron chi connectivity index (χ2n) is 19.5. The van der Waals surface area contributed by atoms with Gasteiger partial charge in [0.05, 0.1) is 9.79 Å². The molecule has 0 saturated carbocycles. The highest BCUT2D eigenvalue weighted by Crippen LogP contribution is 2.42. The molecule has 2 aliphatic carbocycles. The van der Waals surface area contributed by atoms with Gasteiger partial charge in [-0.2, -0.15) is 0 Å². The number of esters is 2. The molecule has 0 fully saturated rings. The number of carbonyl (C=O) groups is 2. The van der Waals surface area contributed by atoms with Crippen molar-refractivity contribution in [3.05, 3.63) is 164 Å². The van der Waals surface area contributed by atoms with E-state index in [1.807, 2.05) is 26.0 Å². The van der Waals surface area contributed by atoms with E-state index >= 15 is 0 Å². The van der Waals surface area contributed by atoms with Crippen LogP contribution in [-0.2, 0) is 38.7 Å². The van der Waals surface area contributed by atoms with Gasteiger partial charge in [0.15, 0.2) is 19.7 Å². The molecule has 0 amide bonds. The first-order valence-corrected chi connectivity index (χ1v) is 27.0. The minimum atomic E-state index is -4.19. The molecule has 2 aromatic rings. The number of halogens is 2. The predicted molar refractivity (Wildman–Crippen MR) is 279 cm³/mol. The fourth-order valence-electron chi connectivity index (χ4n) is 9.12. The summed E-state index contributed by atoms with van der Waals surface area (Å²) >= 11 is 12.3. The van der Waals surface area contributed by atoms with Gasteiger partial charge in [0.1, 0.15) is 22.7 Å². The first-order valence-electron chi connectivity index (χ1n) is 23.2. The monoisotopic (exact) mass is 1000 g/mol. The Morgan fingerprint density at radius 1 is 0.574 bits per heavy atom. The Hall–Kier alpha value is -4.48. The van der Waals surface area contributed by atoms with Crippen molar-refractivity contribution in [2.45, 2.75) is 154 Å². The van der Waals surface area contributed by atoms with Crippen LogP contribution < -0.4 is 0 Å². The van der Waals surface area contributed by atoms with Crippen LogP contribution in [-0.4, -0.2) is 51.5 Å². The number of hydrogen-bond donors (Lipinski definition) is 0. The lowest BCUT2D eigenvalue weighted by molar-refractivity contribution is -0.145. The van der Waals surface area contributed by atoms with Gasteiger partial charge >= 0.3 is 11.9 Å². The SMILES string of the molecule is CC(=O)OC(/C(C)=C/C=C/C=C(\C)C(OC(C)=O)C(/C=C(C)/C=C/C1=C(C)CCCC1(C)C)S(=O)(=O)c1ccc(Cl)cc1)C(/C=C(C)/C=C/C1=C(C)CCCC1(C)C)S(=O)(=O)c1ccc(Cl)cc1. The summed E-state index contributed by atoms with van der Waals surface area (Å²) in [6.45, 7) is 22.6. The number of carbonyl (C=O) groups excluding carboxylic acids is 2. The van der Waals surface area contributed by atoms with E-state index in [4.69, 9.17) is 32.7 Å². The van der Waals surface area contributed by atoms with Crippen molar-refractivity contribution in [3.8, 4) is 0 Å². The summed E-state index contributed by atoms with van der Waals surface area (Å²) in [7, 11) is -8.37. The third-order valence-corrected chi connectivity index (χ3v) is 17.4. The van der Waals surface area contributed by atoms with Gasteiger partial charge in [0.25, 0.3) is 0 Å². The zero-order chi connectivity index (χ0) is 50.8. The van der Waals surface area contributed by atoms with Crippen LogP contribution in [0.5, 0.6) is 0 Å². The van der Waals surface area contributed by atoms with Crippen molar-refractivity contribution in [2.24, 2.45) is 10.8 Å². The van der Waals surface area contributed by atoms with Gasteiger partial charge in [-0.25, -0.2) is 16.8 Å². The number of sulfone groups is 2. The van der Waals surface area contributed by atoms with E-state index < -0.39 is 54.3 Å². The second kappa shape index (κ2) is 23.9. The summed E-state index contributed by atoms with van der Waals surface area (Å²) in [5, 5.41) is -1.94. The van der Waals surface area contributed by atoms with E-state index in [2.05, 4.69) is 53.7 Å². The quantitative estimate of drug-likeness (QED) is 0.107. The molecule has 0 spiro atoms. The van der Waals surface area contributed by atoms with Crippen molar-refractivity contribution in [3.63, 3.8) is 0 Å². The molecular formula is C56H70Cl2O8S2. The van der Waals surface area contributed by atoms with Crippen LogP contribution in [0.25, 0.3) is 0 Å². The van der Waals surface area contributed by atoms with Crippen molar-refractivity contribution in [2.75, 3.05) is 0 Å². The maximum Gasteiger partial charge on any atom is 0.303 e. The molecule has 0 bridgehead atoms. The van der Waals surface area contributed by atoms with Gasteiger partial charge in [0.2, 0.25) is 0 Å². The second-order valence-corrected chi connectivity index (χ2v) is 24.6. The zero-order valence-electron chi connectivity index (χ0n) is 41.8. The Morgan fingerprint density at radius 3 is 1.19 bits per heavy atom. The molecule has 2 aromatic carbocycles. The zero-order valence-corrected chi connectivity index (χ0v) is 44.9. The fourth-order valence-corrected chi connectivity index (χ4v) is 13.0. The van der Waals surface area contributed by atoms with Crippen molar-refractivity contribution in [1.82, 2.24) is 0 Å². The summed E-state index contributed by atoms with van der Waals surface area (Å²) in [5.41, 5.74) is 7.13. The fraction of sp³-hybridized carbons (Fsp3) is 0.429. The van der Waals surface area contributed by atoms with Crippen molar-refractivity contribution < 1.29 is 35.9 Å². The number of benzene rings is 2. The lowest BCUT2D eigenvalue weighted by Crippen LogP contribution is -2.37. The Morgan fingerprint density at radius 2 is 0.897 bits per heavy atom. The van der Waals surface area contributed by atoms with Gasteiger partial charge in [-0.3, -0.25) is 9.59 Å². The minimum absolute atomic E-state index is 0.00960. The molecule has 0 aromatic heterocycles. The van der Waals surface area contributed by atoms with Crippen LogP contribution in [0.2, 0.25) is 10.0 Å². The molecule has 2 aliphatic rings. The van der Waals surface area contributed by atoms with Crippen molar-refractivity contribution >= 4 is 54.8 Å². The molecule has 12 heteroatoms. The van der Waals surface area contributed by atoms with Crippen LogP contribution in [0.4, 0.5) is 0 Å². The molecule has 4 unspecified atom stereocenters. The average molecular weight is 1010 g/mol. The Labute approximate surface area is 417 Å². The minimum Gasteiger partial charge on any atom is -0.456 e. The number of hydrogen-bond acceptors (Lipinski definition) is 8. The molecular weight excluding hydrogens is 936 g/mol. The maximum atomic E-state index is 14.6. The molecule has 8 nitrogen and oxygen atoms in total. The number of allylic oxidation sites excluding steroid dienone is 14. The number of ether oxygens (including phenoxy) is 2. The lowest BCUT2D eigenvalue weighted by Gasteiger charge is -2.33. The molecule has 0 heterocycles. The number of rotatable bonds is 18. The van der Waals surface area contributed by atoms with Crippen molar-refractivity contribution in [1.29, 1.82) is 0 Å². The van der Waals surface area contributed by atoms with E-state index in [0.717, 1.165) is 38.5 Å². The third kappa shape index (κ3) is 15.0. The van der Waals surface area contributed by atoms with Gasteiger partial charge < -0.3 is 9.47 Å². The molecule has 0 aliphatic heterocycles. The largest absolute Gasteiger partial charge is 0.456 e. The summed E-state index contributed by atoms with van der Waals surface area (Å²) in [5.74, 6) is -1.34. The molecule has 4 rings (SSSR count). The van der Waals surface area contributed by atoms with E-state index in [1.54, 1.807) is 50.3 Å².